The van der Waals surface area contributed by atoms with E-state index in [2.05, 4.69) is 10.1 Å². The van der Waals surface area contributed by atoms with Crippen LogP contribution in [0.1, 0.15) is 36.7 Å². The van der Waals surface area contributed by atoms with Crippen LogP contribution in [0.4, 0.5) is 16.2 Å². The Morgan fingerprint density at radius 3 is 2.38 bits per heavy atom. The van der Waals surface area contributed by atoms with Gasteiger partial charge in [-0.25, -0.2) is 4.79 Å². The second-order valence-corrected chi connectivity index (χ2v) is 7.66. The van der Waals surface area contributed by atoms with Crippen molar-refractivity contribution in [1.82, 2.24) is 9.80 Å². The van der Waals surface area contributed by atoms with Crippen LogP contribution in [0.5, 0.6) is 0 Å². The fourth-order valence-corrected chi connectivity index (χ4v) is 3.35. The Morgan fingerprint density at radius 1 is 1.15 bits per heavy atom. The molecule has 0 unspecified atom stereocenters. The first kappa shape index (κ1) is 18.2. The van der Waals surface area contributed by atoms with E-state index < -0.39 is 5.60 Å². The van der Waals surface area contributed by atoms with E-state index in [1.54, 1.807) is 22.9 Å². The number of nitrogens with zero attached hydrogens (tertiary/aromatic N) is 4. The largest absolute Gasteiger partial charge is 0.444 e. The zero-order valence-corrected chi connectivity index (χ0v) is 15.6. The highest BCUT2D eigenvalue weighted by Crippen LogP contribution is 2.37. The van der Waals surface area contributed by atoms with E-state index in [0.29, 0.717) is 38.3 Å². The predicted octanol–water partition coefficient (Wildman–Crippen LogP) is 2.73. The van der Waals surface area contributed by atoms with Gasteiger partial charge in [0.15, 0.2) is 0 Å². The van der Waals surface area contributed by atoms with Crippen molar-refractivity contribution in [3.8, 4) is 0 Å². The van der Waals surface area contributed by atoms with Crippen LogP contribution in [0.2, 0.25) is 0 Å². The molecule has 0 saturated carbocycles. The van der Waals surface area contributed by atoms with Crippen LogP contribution in [0.15, 0.2) is 17.3 Å². The smallest absolute Gasteiger partial charge is 0.410 e. The van der Waals surface area contributed by atoms with Crippen molar-refractivity contribution in [3.63, 3.8) is 0 Å². The second-order valence-electron chi connectivity index (χ2n) is 7.66. The molecule has 0 atom stereocenters. The Labute approximate surface area is 152 Å². The van der Waals surface area contributed by atoms with Gasteiger partial charge in [-0.15, -0.1) is 4.91 Å². The molecule has 2 aliphatic rings. The molecule has 0 bridgehead atoms. The van der Waals surface area contributed by atoms with Crippen molar-refractivity contribution in [2.75, 3.05) is 38.1 Å². The van der Waals surface area contributed by atoms with Crippen LogP contribution in [-0.4, -0.2) is 60.6 Å². The van der Waals surface area contributed by atoms with Gasteiger partial charge in [0.05, 0.1) is 5.56 Å². The molecule has 0 radical (unpaired) electrons. The Balaban J connectivity index is 1.76. The number of hydrogen-bond acceptors (Lipinski definition) is 6. The quantitative estimate of drug-likeness (QED) is 0.758. The number of carbonyl (C=O) groups excluding carboxylic acids is 2. The molecule has 0 spiro atoms. The van der Waals surface area contributed by atoms with Gasteiger partial charge in [-0.3, -0.25) is 4.79 Å². The molecule has 2 heterocycles. The van der Waals surface area contributed by atoms with E-state index in [-0.39, 0.29) is 17.7 Å². The molecule has 0 N–H and O–H groups in total. The first-order valence-electron chi connectivity index (χ1n) is 8.69. The van der Waals surface area contributed by atoms with Crippen molar-refractivity contribution in [1.29, 1.82) is 0 Å². The summed E-state index contributed by atoms with van der Waals surface area (Å²) in [6.45, 7) is 8.36. The number of nitroso groups, excluding NO2 is 1. The van der Waals surface area contributed by atoms with Crippen LogP contribution in [0, 0.1) is 4.91 Å². The minimum absolute atomic E-state index is 0.177. The lowest BCUT2D eigenvalue weighted by atomic mass is 10.0. The van der Waals surface area contributed by atoms with Crippen LogP contribution in [0.3, 0.4) is 0 Å². The lowest BCUT2D eigenvalue weighted by molar-refractivity contribution is 0.0240. The maximum atomic E-state index is 12.3. The summed E-state index contributed by atoms with van der Waals surface area (Å²) in [5.41, 5.74) is 1.83. The highest BCUT2D eigenvalue weighted by Gasteiger charge is 2.33. The first-order chi connectivity index (χ1) is 12.2. The molecule has 8 nitrogen and oxygen atoms in total. The fraction of sp³-hybridized carbons (Fsp3) is 0.556. The molecule has 1 saturated heterocycles. The van der Waals surface area contributed by atoms with E-state index in [0.717, 1.165) is 11.3 Å². The molecular weight excluding hydrogens is 336 g/mol. The Hall–Kier alpha value is -2.64. The summed E-state index contributed by atoms with van der Waals surface area (Å²) < 4.78 is 5.42. The summed E-state index contributed by atoms with van der Waals surface area (Å²) in [6.07, 6.45) is -0.308. The van der Waals surface area contributed by atoms with Gasteiger partial charge in [-0.05, 0) is 38.1 Å². The predicted molar refractivity (Wildman–Crippen MR) is 97.7 cm³/mol. The Bertz CT molecular complexity index is 748. The fourth-order valence-electron chi connectivity index (χ4n) is 3.35. The van der Waals surface area contributed by atoms with Gasteiger partial charge < -0.3 is 19.4 Å². The summed E-state index contributed by atoms with van der Waals surface area (Å²) in [5, 5.41) is 3.00. The van der Waals surface area contributed by atoms with Crippen LogP contribution in [-0.2, 0) is 11.3 Å². The third-order valence-corrected chi connectivity index (χ3v) is 4.59. The molecule has 8 heteroatoms. The molecule has 2 aliphatic heterocycles. The molecule has 140 valence electrons. The maximum absolute atomic E-state index is 12.3. The van der Waals surface area contributed by atoms with Crippen molar-refractivity contribution < 1.29 is 14.3 Å². The number of fused-ring (bicyclic) bond motifs is 1. The highest BCUT2D eigenvalue weighted by atomic mass is 16.6. The van der Waals surface area contributed by atoms with E-state index in [1.807, 2.05) is 26.8 Å². The molecule has 0 aliphatic carbocycles. The third-order valence-electron chi connectivity index (χ3n) is 4.59. The van der Waals surface area contributed by atoms with Crippen LogP contribution < -0.4 is 4.90 Å². The Morgan fingerprint density at radius 2 is 1.81 bits per heavy atom. The number of amides is 2. The summed E-state index contributed by atoms with van der Waals surface area (Å²) in [7, 11) is 1.71. The third kappa shape index (κ3) is 3.36. The summed E-state index contributed by atoms with van der Waals surface area (Å²) in [5.74, 6) is -0.177. The molecular formula is C18H24N4O4. The number of anilines is 1. The van der Waals surface area contributed by atoms with Gasteiger partial charge >= 0.3 is 6.09 Å². The van der Waals surface area contributed by atoms with Crippen molar-refractivity contribution in [2.45, 2.75) is 32.9 Å². The minimum atomic E-state index is -0.516. The van der Waals surface area contributed by atoms with E-state index >= 15 is 0 Å². The summed E-state index contributed by atoms with van der Waals surface area (Å²) in [4.78, 5) is 41.0. The number of benzene rings is 1. The first-order valence-corrected chi connectivity index (χ1v) is 8.69. The lowest BCUT2D eigenvalue weighted by Gasteiger charge is -2.37. The molecule has 2 amide bonds. The topological polar surface area (TPSA) is 82.5 Å². The van der Waals surface area contributed by atoms with Gasteiger partial charge in [-0.2, -0.15) is 0 Å². The number of rotatable bonds is 2. The standard InChI is InChI=1S/C18H24N4O4/c1-18(2,3)26-17(24)22-9-7-21(8-10-22)14-6-5-13(19-25)15-12(14)11-20(4)16(15)23/h5-6H,7-11H2,1-4H3. The zero-order chi connectivity index (χ0) is 19.1. The molecule has 26 heavy (non-hydrogen) atoms. The number of hydrogen-bond donors (Lipinski definition) is 0. The molecule has 0 aromatic heterocycles. The van der Waals surface area contributed by atoms with Gasteiger partial charge in [0, 0.05) is 51.0 Å². The van der Waals surface area contributed by atoms with Gasteiger partial charge in [-0.1, -0.05) is 0 Å². The summed E-state index contributed by atoms with van der Waals surface area (Å²) >= 11 is 0. The lowest BCUT2D eigenvalue weighted by Crippen LogP contribution is -2.50. The van der Waals surface area contributed by atoms with Crippen LogP contribution in [0.25, 0.3) is 0 Å². The van der Waals surface area contributed by atoms with Gasteiger partial charge in [0.2, 0.25) is 0 Å². The average Bonchev–Trinajstić information content (AvgIpc) is 2.88. The SMILES string of the molecule is CN1Cc2c(N3CCN(C(=O)OC(C)(C)C)CC3)ccc(N=O)c2C1=O. The molecule has 1 aromatic carbocycles. The van der Waals surface area contributed by atoms with Gasteiger partial charge in [0.25, 0.3) is 5.91 Å². The summed E-state index contributed by atoms with van der Waals surface area (Å²) in [6, 6.07) is 3.43. The van der Waals surface area contributed by atoms with Crippen molar-refractivity contribution >= 4 is 23.4 Å². The van der Waals surface area contributed by atoms with Crippen LogP contribution >= 0.6 is 0 Å². The minimum Gasteiger partial charge on any atom is -0.444 e. The maximum Gasteiger partial charge on any atom is 0.410 e. The van der Waals surface area contributed by atoms with E-state index in [1.165, 1.54) is 0 Å². The van der Waals surface area contributed by atoms with E-state index in [4.69, 9.17) is 4.74 Å². The average molecular weight is 360 g/mol. The number of carbonyl (C=O) groups is 2. The highest BCUT2D eigenvalue weighted by molar-refractivity contribution is 6.04. The number of piperazine rings is 1. The monoisotopic (exact) mass is 360 g/mol. The molecule has 1 aromatic rings. The second kappa shape index (κ2) is 6.59. The van der Waals surface area contributed by atoms with Gasteiger partial charge in [0.1, 0.15) is 11.3 Å². The zero-order valence-electron chi connectivity index (χ0n) is 15.6. The molecule has 1 fully saturated rings. The number of ether oxygens (including phenoxy) is 1. The van der Waals surface area contributed by atoms with E-state index in [9.17, 15) is 14.5 Å². The normalized spacial score (nSPS) is 17.4. The molecule has 3 rings (SSSR count). The van der Waals surface area contributed by atoms with Crippen molar-refractivity contribution in [3.05, 3.63) is 28.2 Å². The Kier molecular flexibility index (Phi) is 4.60. The van der Waals surface area contributed by atoms with Crippen molar-refractivity contribution in [2.24, 2.45) is 5.18 Å².